The molecule has 0 amide bonds. The van der Waals surface area contributed by atoms with Crippen molar-refractivity contribution in [1.82, 2.24) is 25.6 Å². The number of aryl methyl sites for hydroxylation is 2. The van der Waals surface area contributed by atoms with Crippen molar-refractivity contribution in [2.45, 2.75) is 46.7 Å². The lowest BCUT2D eigenvalue weighted by Gasteiger charge is -2.11. The van der Waals surface area contributed by atoms with Gasteiger partial charge in [0.15, 0.2) is 5.96 Å². The topological polar surface area (TPSA) is 80.3 Å². The first-order valence-corrected chi connectivity index (χ1v) is 10.3. The Morgan fingerprint density at radius 2 is 1.93 bits per heavy atom. The number of guanidine groups is 1. The SMILES string of the molecule is CCNC(=NCc1cnn(-c2ccc(Cl)cc2)c1)NCc1c(CC)noc1CC. The average molecular weight is 415 g/mol. The van der Waals surface area contributed by atoms with Gasteiger partial charge in [0.1, 0.15) is 5.76 Å². The van der Waals surface area contributed by atoms with Crippen molar-refractivity contribution in [2.75, 3.05) is 6.54 Å². The minimum absolute atomic E-state index is 0.522. The van der Waals surface area contributed by atoms with Crippen LogP contribution in [0.5, 0.6) is 0 Å². The highest BCUT2D eigenvalue weighted by atomic mass is 35.5. The van der Waals surface area contributed by atoms with Crippen LogP contribution in [0.3, 0.4) is 0 Å². The molecule has 0 fully saturated rings. The van der Waals surface area contributed by atoms with Gasteiger partial charge in [0.2, 0.25) is 0 Å². The molecule has 2 aromatic heterocycles. The Labute approximate surface area is 176 Å². The van der Waals surface area contributed by atoms with Crippen molar-refractivity contribution < 1.29 is 4.52 Å². The zero-order valence-corrected chi connectivity index (χ0v) is 17.8. The van der Waals surface area contributed by atoms with Crippen LogP contribution >= 0.6 is 11.6 Å². The number of halogens is 1. The molecule has 0 spiro atoms. The Bertz CT molecular complexity index is 923. The maximum atomic E-state index is 5.95. The quantitative estimate of drug-likeness (QED) is 0.431. The molecule has 2 heterocycles. The molecular formula is C21H27ClN6O. The molecule has 0 saturated heterocycles. The number of aliphatic imine (C=N–C) groups is 1. The van der Waals surface area contributed by atoms with Gasteiger partial charge in [0.05, 0.1) is 24.1 Å². The Morgan fingerprint density at radius 1 is 1.14 bits per heavy atom. The number of hydrogen-bond acceptors (Lipinski definition) is 4. The van der Waals surface area contributed by atoms with Crippen LogP contribution in [0.2, 0.25) is 5.02 Å². The van der Waals surface area contributed by atoms with Gasteiger partial charge in [-0.1, -0.05) is 30.6 Å². The van der Waals surface area contributed by atoms with Crippen LogP contribution in [0.15, 0.2) is 46.2 Å². The van der Waals surface area contributed by atoms with Crippen molar-refractivity contribution in [3.05, 3.63) is 64.3 Å². The van der Waals surface area contributed by atoms with E-state index in [-0.39, 0.29) is 0 Å². The lowest BCUT2D eigenvalue weighted by molar-refractivity contribution is 0.380. The van der Waals surface area contributed by atoms with Crippen LogP contribution in [-0.4, -0.2) is 27.4 Å². The van der Waals surface area contributed by atoms with Crippen molar-refractivity contribution in [3.63, 3.8) is 0 Å². The van der Waals surface area contributed by atoms with Gasteiger partial charge in [-0.25, -0.2) is 9.67 Å². The standard InChI is InChI=1S/C21H27ClN6O/c1-4-19-18(20(5-2)29-27-19)13-25-21(23-6-3)24-11-15-12-26-28(14-15)17-9-7-16(22)8-10-17/h7-10,12,14H,4-6,11,13H2,1-3H3,(H2,23,24,25). The van der Waals surface area contributed by atoms with E-state index in [4.69, 9.17) is 16.1 Å². The smallest absolute Gasteiger partial charge is 0.191 e. The highest BCUT2D eigenvalue weighted by Gasteiger charge is 2.13. The van der Waals surface area contributed by atoms with Crippen molar-refractivity contribution in [2.24, 2.45) is 4.99 Å². The second kappa shape index (κ2) is 10.1. The molecule has 0 atom stereocenters. The monoisotopic (exact) mass is 414 g/mol. The summed E-state index contributed by atoms with van der Waals surface area (Å²) in [6.07, 6.45) is 5.46. The van der Waals surface area contributed by atoms with E-state index in [1.807, 2.05) is 48.3 Å². The number of hydrogen-bond donors (Lipinski definition) is 2. The number of rotatable bonds is 8. The molecule has 8 heteroatoms. The predicted octanol–water partition coefficient (Wildman–Crippen LogP) is 3.89. The minimum atomic E-state index is 0.522. The normalized spacial score (nSPS) is 11.7. The Hall–Kier alpha value is -2.80. The first-order chi connectivity index (χ1) is 14.1. The summed E-state index contributed by atoms with van der Waals surface area (Å²) < 4.78 is 7.26. The van der Waals surface area contributed by atoms with E-state index in [1.54, 1.807) is 0 Å². The van der Waals surface area contributed by atoms with Crippen LogP contribution < -0.4 is 10.6 Å². The molecule has 0 aliphatic heterocycles. The summed E-state index contributed by atoms with van der Waals surface area (Å²) in [5.41, 5.74) is 4.09. The van der Waals surface area contributed by atoms with E-state index in [9.17, 15) is 0 Å². The molecule has 29 heavy (non-hydrogen) atoms. The lowest BCUT2D eigenvalue weighted by Crippen LogP contribution is -2.37. The summed E-state index contributed by atoms with van der Waals surface area (Å²) in [5.74, 6) is 1.67. The number of nitrogens with one attached hydrogen (secondary N) is 2. The van der Waals surface area contributed by atoms with Gasteiger partial charge in [-0.2, -0.15) is 5.10 Å². The molecule has 0 unspecified atom stereocenters. The average Bonchev–Trinajstić information content (AvgIpc) is 3.37. The molecule has 154 valence electrons. The highest BCUT2D eigenvalue weighted by Crippen LogP contribution is 2.16. The van der Waals surface area contributed by atoms with Crippen molar-refractivity contribution in [1.29, 1.82) is 0 Å². The third kappa shape index (κ3) is 5.38. The highest BCUT2D eigenvalue weighted by molar-refractivity contribution is 6.30. The molecule has 3 rings (SSSR count). The van der Waals surface area contributed by atoms with Gasteiger partial charge in [0, 0.05) is 41.9 Å². The van der Waals surface area contributed by atoms with Crippen LogP contribution in [0, 0.1) is 0 Å². The maximum absolute atomic E-state index is 5.95. The summed E-state index contributed by atoms with van der Waals surface area (Å²) in [6.45, 7) is 8.13. The number of nitrogens with zero attached hydrogens (tertiary/aromatic N) is 4. The van der Waals surface area contributed by atoms with Crippen LogP contribution in [0.1, 0.15) is 43.4 Å². The molecule has 0 saturated carbocycles. The molecular weight excluding hydrogens is 388 g/mol. The molecule has 0 radical (unpaired) electrons. The van der Waals surface area contributed by atoms with Gasteiger partial charge in [-0.15, -0.1) is 0 Å². The number of benzene rings is 1. The summed E-state index contributed by atoms with van der Waals surface area (Å²) in [6, 6.07) is 7.57. The fraction of sp³-hybridized carbons (Fsp3) is 0.381. The zero-order chi connectivity index (χ0) is 20.6. The van der Waals surface area contributed by atoms with Gasteiger partial charge in [-0.05, 0) is 37.6 Å². The molecule has 2 N–H and O–H groups in total. The van der Waals surface area contributed by atoms with E-state index in [1.165, 1.54) is 0 Å². The molecule has 0 aliphatic rings. The molecule has 1 aromatic carbocycles. The van der Waals surface area contributed by atoms with Gasteiger partial charge < -0.3 is 15.2 Å². The largest absolute Gasteiger partial charge is 0.361 e. The minimum Gasteiger partial charge on any atom is -0.361 e. The van der Waals surface area contributed by atoms with Crippen molar-refractivity contribution >= 4 is 17.6 Å². The van der Waals surface area contributed by atoms with E-state index in [0.29, 0.717) is 18.1 Å². The molecule has 0 aliphatic carbocycles. The lowest BCUT2D eigenvalue weighted by atomic mass is 10.1. The third-order valence-corrected chi connectivity index (χ3v) is 4.78. The van der Waals surface area contributed by atoms with Crippen LogP contribution in [0.25, 0.3) is 5.69 Å². The molecule has 3 aromatic rings. The fourth-order valence-corrected chi connectivity index (χ4v) is 3.12. The molecule has 0 bridgehead atoms. The van der Waals surface area contributed by atoms with E-state index < -0.39 is 0 Å². The fourth-order valence-electron chi connectivity index (χ4n) is 3.00. The first-order valence-electron chi connectivity index (χ1n) is 9.92. The van der Waals surface area contributed by atoms with Gasteiger partial charge in [0.25, 0.3) is 0 Å². The van der Waals surface area contributed by atoms with E-state index in [0.717, 1.165) is 53.6 Å². The summed E-state index contributed by atoms with van der Waals surface area (Å²) >= 11 is 5.95. The van der Waals surface area contributed by atoms with Crippen LogP contribution in [0.4, 0.5) is 0 Å². The van der Waals surface area contributed by atoms with Crippen LogP contribution in [-0.2, 0) is 25.9 Å². The second-order valence-corrected chi connectivity index (χ2v) is 6.99. The van der Waals surface area contributed by atoms with E-state index >= 15 is 0 Å². The second-order valence-electron chi connectivity index (χ2n) is 6.56. The number of aromatic nitrogens is 3. The Balaban J connectivity index is 1.67. The Kier molecular flexibility index (Phi) is 7.30. The van der Waals surface area contributed by atoms with Crippen molar-refractivity contribution in [3.8, 4) is 5.69 Å². The predicted molar refractivity (Wildman–Crippen MR) is 115 cm³/mol. The third-order valence-electron chi connectivity index (χ3n) is 4.53. The summed E-state index contributed by atoms with van der Waals surface area (Å²) in [7, 11) is 0. The maximum Gasteiger partial charge on any atom is 0.191 e. The Morgan fingerprint density at radius 3 is 2.62 bits per heavy atom. The molecule has 7 nitrogen and oxygen atoms in total. The first kappa shape index (κ1) is 20.9. The summed E-state index contributed by atoms with van der Waals surface area (Å²) in [5, 5.41) is 16.0. The zero-order valence-electron chi connectivity index (χ0n) is 17.1. The van der Waals surface area contributed by atoms with E-state index in [2.05, 4.69) is 39.7 Å². The van der Waals surface area contributed by atoms with Gasteiger partial charge in [-0.3, -0.25) is 0 Å². The summed E-state index contributed by atoms with van der Waals surface area (Å²) in [4.78, 5) is 4.68. The van der Waals surface area contributed by atoms with Gasteiger partial charge >= 0.3 is 0 Å².